The van der Waals surface area contributed by atoms with E-state index in [4.69, 9.17) is 9.47 Å². The number of benzene rings is 1. The molecule has 1 unspecified atom stereocenters. The maximum absolute atomic E-state index is 12.9. The number of amides is 1. The molecule has 1 saturated heterocycles. The molecular formula is C29H37N3O5. The van der Waals surface area contributed by atoms with Crippen LogP contribution < -0.4 is 19.7 Å². The van der Waals surface area contributed by atoms with Crippen molar-refractivity contribution in [2.24, 2.45) is 17.8 Å². The van der Waals surface area contributed by atoms with Crippen LogP contribution in [0.4, 0.5) is 5.69 Å². The Labute approximate surface area is 218 Å². The van der Waals surface area contributed by atoms with Crippen LogP contribution in [0, 0.1) is 17.8 Å². The molecule has 1 aromatic carbocycles. The molecule has 1 atom stereocenters. The van der Waals surface area contributed by atoms with Crippen LogP contribution in [0.5, 0.6) is 11.6 Å². The lowest BCUT2D eigenvalue weighted by Crippen LogP contribution is -2.37. The molecule has 2 heterocycles. The summed E-state index contributed by atoms with van der Waals surface area (Å²) in [7, 11) is 1.65. The lowest BCUT2D eigenvalue weighted by Gasteiger charge is -2.34. The summed E-state index contributed by atoms with van der Waals surface area (Å²) in [5.41, 5.74) is 2.63. The molecule has 3 aliphatic rings. The number of aromatic nitrogens is 1. The zero-order valence-corrected chi connectivity index (χ0v) is 21.5. The zero-order chi connectivity index (χ0) is 25.8. The molecule has 3 fully saturated rings. The Balaban J connectivity index is 1.17. The van der Waals surface area contributed by atoms with E-state index in [2.05, 4.69) is 15.2 Å². The minimum atomic E-state index is -0.762. The second kappa shape index (κ2) is 11.4. The standard InChI is InChI=1S/C29H37N3O5/c1-36-23-6-7-24(29(35)31-17-19-2-3-19)26(15-23)32-12-9-20(10-13-32)18-37-27-14-22(8-11-30-27)25(16-28(33)34)21-4-5-21/h6-8,11,14-15,19-21,25H,2-5,9-10,12-13,16-18H2,1H3,(H,31,35)(H,33,34). The van der Waals surface area contributed by atoms with E-state index in [0.717, 1.165) is 62.3 Å². The number of methoxy groups -OCH3 is 1. The van der Waals surface area contributed by atoms with Gasteiger partial charge in [0.05, 0.1) is 31.4 Å². The number of carbonyl (C=O) groups excluding carboxylic acids is 1. The van der Waals surface area contributed by atoms with Gasteiger partial charge < -0.3 is 24.8 Å². The van der Waals surface area contributed by atoms with Gasteiger partial charge in [-0.25, -0.2) is 4.98 Å². The molecule has 8 heteroatoms. The van der Waals surface area contributed by atoms with Gasteiger partial charge in [-0.05, 0) is 86.0 Å². The van der Waals surface area contributed by atoms with Crippen molar-refractivity contribution >= 4 is 17.6 Å². The summed E-state index contributed by atoms with van der Waals surface area (Å²) in [4.78, 5) is 30.9. The highest BCUT2D eigenvalue weighted by Crippen LogP contribution is 2.45. The third kappa shape index (κ3) is 6.73. The van der Waals surface area contributed by atoms with Crippen molar-refractivity contribution in [3.63, 3.8) is 0 Å². The van der Waals surface area contributed by atoms with Crippen LogP contribution in [0.25, 0.3) is 0 Å². The molecule has 2 aromatic rings. The zero-order valence-electron chi connectivity index (χ0n) is 21.5. The van der Waals surface area contributed by atoms with Crippen molar-refractivity contribution in [2.75, 3.05) is 38.3 Å². The molecule has 2 saturated carbocycles. The summed E-state index contributed by atoms with van der Waals surface area (Å²) in [6, 6.07) is 9.52. The van der Waals surface area contributed by atoms with E-state index in [1.54, 1.807) is 13.3 Å². The van der Waals surface area contributed by atoms with E-state index in [-0.39, 0.29) is 18.2 Å². The number of pyridine rings is 1. The largest absolute Gasteiger partial charge is 0.497 e. The van der Waals surface area contributed by atoms with E-state index in [1.165, 1.54) is 12.8 Å². The van der Waals surface area contributed by atoms with Gasteiger partial charge in [-0.3, -0.25) is 9.59 Å². The first-order chi connectivity index (χ1) is 18.0. The van der Waals surface area contributed by atoms with Crippen molar-refractivity contribution in [3.05, 3.63) is 47.7 Å². The summed E-state index contributed by atoms with van der Waals surface area (Å²) >= 11 is 0. The average molecular weight is 508 g/mol. The predicted octanol–water partition coefficient (Wildman–Crippen LogP) is 4.49. The van der Waals surface area contributed by atoms with Crippen molar-refractivity contribution in [2.45, 2.75) is 50.9 Å². The minimum absolute atomic E-state index is 0.0200. The first-order valence-electron chi connectivity index (χ1n) is 13.5. The molecule has 5 rings (SSSR count). The van der Waals surface area contributed by atoms with Gasteiger partial charge in [-0.2, -0.15) is 0 Å². The van der Waals surface area contributed by atoms with Crippen LogP contribution >= 0.6 is 0 Å². The number of piperidine rings is 1. The molecule has 37 heavy (non-hydrogen) atoms. The molecule has 1 amide bonds. The summed E-state index contributed by atoms with van der Waals surface area (Å²) in [6.07, 6.45) is 8.36. The molecule has 1 aliphatic heterocycles. The lowest BCUT2D eigenvalue weighted by molar-refractivity contribution is -0.137. The van der Waals surface area contributed by atoms with Crippen molar-refractivity contribution in [1.82, 2.24) is 10.3 Å². The van der Waals surface area contributed by atoms with Gasteiger partial charge in [0, 0.05) is 38.0 Å². The van der Waals surface area contributed by atoms with Gasteiger partial charge in [0.25, 0.3) is 5.91 Å². The third-order valence-electron chi connectivity index (χ3n) is 7.89. The van der Waals surface area contributed by atoms with Crippen molar-refractivity contribution in [1.29, 1.82) is 0 Å². The van der Waals surface area contributed by atoms with Gasteiger partial charge in [-0.15, -0.1) is 0 Å². The number of hydrogen-bond acceptors (Lipinski definition) is 6. The molecule has 2 N–H and O–H groups in total. The Morgan fingerprint density at radius 3 is 2.54 bits per heavy atom. The summed E-state index contributed by atoms with van der Waals surface area (Å²) < 4.78 is 11.5. The fourth-order valence-electron chi connectivity index (χ4n) is 5.27. The second-order valence-electron chi connectivity index (χ2n) is 10.7. The van der Waals surface area contributed by atoms with E-state index < -0.39 is 5.97 Å². The normalized spacial score (nSPS) is 18.8. The van der Waals surface area contributed by atoms with Crippen molar-refractivity contribution < 1.29 is 24.2 Å². The molecule has 1 aromatic heterocycles. The third-order valence-corrected chi connectivity index (χ3v) is 7.89. The number of hydrogen-bond donors (Lipinski definition) is 2. The highest BCUT2D eigenvalue weighted by atomic mass is 16.5. The van der Waals surface area contributed by atoms with Gasteiger partial charge in [0.1, 0.15) is 5.75 Å². The molecule has 2 aliphatic carbocycles. The van der Waals surface area contributed by atoms with Gasteiger partial charge in [0.2, 0.25) is 5.88 Å². The number of nitrogens with zero attached hydrogens (tertiary/aromatic N) is 2. The molecule has 0 radical (unpaired) electrons. The molecule has 0 bridgehead atoms. The van der Waals surface area contributed by atoms with E-state index in [9.17, 15) is 14.7 Å². The number of carboxylic acids is 1. The fraction of sp³-hybridized carbons (Fsp3) is 0.552. The monoisotopic (exact) mass is 507 g/mol. The Bertz CT molecular complexity index is 1110. The number of carbonyl (C=O) groups is 2. The quantitative estimate of drug-likeness (QED) is 0.436. The Kier molecular flexibility index (Phi) is 7.82. The van der Waals surface area contributed by atoms with E-state index in [0.29, 0.717) is 35.8 Å². The number of aliphatic carboxylic acids is 1. The molecule has 198 valence electrons. The number of nitrogens with one attached hydrogen (secondary N) is 1. The Morgan fingerprint density at radius 2 is 1.86 bits per heavy atom. The van der Waals surface area contributed by atoms with E-state index >= 15 is 0 Å². The average Bonchev–Trinajstić information content (AvgIpc) is 3.84. The first kappa shape index (κ1) is 25.4. The number of anilines is 1. The van der Waals surface area contributed by atoms with Crippen LogP contribution in [0.15, 0.2) is 36.5 Å². The summed E-state index contributed by atoms with van der Waals surface area (Å²) in [6.45, 7) is 2.99. The van der Waals surface area contributed by atoms with Crippen LogP contribution in [-0.4, -0.2) is 55.3 Å². The number of carboxylic acid groups (broad SMARTS) is 1. The van der Waals surface area contributed by atoms with Crippen LogP contribution in [0.2, 0.25) is 0 Å². The van der Waals surface area contributed by atoms with Crippen LogP contribution in [0.3, 0.4) is 0 Å². The van der Waals surface area contributed by atoms with Crippen LogP contribution in [-0.2, 0) is 4.79 Å². The highest BCUT2D eigenvalue weighted by Gasteiger charge is 2.34. The second-order valence-corrected chi connectivity index (χ2v) is 10.7. The molecule has 0 spiro atoms. The maximum atomic E-state index is 12.9. The summed E-state index contributed by atoms with van der Waals surface area (Å²) in [5.74, 6) is 2.04. The highest BCUT2D eigenvalue weighted by molar-refractivity contribution is 6.00. The Morgan fingerprint density at radius 1 is 1.08 bits per heavy atom. The van der Waals surface area contributed by atoms with E-state index in [1.807, 2.05) is 30.3 Å². The summed E-state index contributed by atoms with van der Waals surface area (Å²) in [5, 5.41) is 12.4. The number of ether oxygens (including phenoxy) is 2. The van der Waals surface area contributed by atoms with Gasteiger partial charge >= 0.3 is 5.97 Å². The SMILES string of the molecule is COc1ccc(C(=O)NCC2CC2)c(N2CCC(COc3cc(C(CC(=O)O)C4CC4)ccn3)CC2)c1. The van der Waals surface area contributed by atoms with Gasteiger partial charge in [0.15, 0.2) is 0 Å². The van der Waals surface area contributed by atoms with Gasteiger partial charge in [-0.1, -0.05) is 0 Å². The lowest BCUT2D eigenvalue weighted by atomic mass is 9.92. The Hall–Kier alpha value is -3.29. The minimum Gasteiger partial charge on any atom is -0.497 e. The topological polar surface area (TPSA) is 101 Å². The van der Waals surface area contributed by atoms with Crippen LogP contribution in [0.1, 0.15) is 66.8 Å². The first-order valence-corrected chi connectivity index (χ1v) is 13.5. The smallest absolute Gasteiger partial charge is 0.303 e. The predicted molar refractivity (Wildman–Crippen MR) is 140 cm³/mol. The molecule has 8 nitrogen and oxygen atoms in total. The number of rotatable bonds is 12. The van der Waals surface area contributed by atoms with Crippen molar-refractivity contribution in [3.8, 4) is 11.6 Å². The maximum Gasteiger partial charge on any atom is 0.303 e. The fourth-order valence-corrected chi connectivity index (χ4v) is 5.27. The molecular weight excluding hydrogens is 470 g/mol.